The van der Waals surface area contributed by atoms with Crippen LogP contribution in [-0.2, 0) is 24.7 Å². The topological polar surface area (TPSA) is 196 Å². The number of rotatable bonds is 8. The molecule has 4 N–H and O–H groups in total. The molecular weight excluding hydrogens is 487 g/mol. The van der Waals surface area contributed by atoms with E-state index in [4.69, 9.17) is 5.73 Å². The Labute approximate surface area is 214 Å². The van der Waals surface area contributed by atoms with E-state index in [1.165, 1.54) is 24.6 Å². The summed E-state index contributed by atoms with van der Waals surface area (Å²) in [7, 11) is -3.99. The molecule has 3 rings (SSSR count). The minimum atomic E-state index is -5.18. The molecule has 2 heterocycles. The molecule has 1 aromatic carbocycles. The third-order valence-corrected chi connectivity index (χ3v) is 5.97. The van der Waals surface area contributed by atoms with Crippen molar-refractivity contribution in [2.45, 2.75) is 12.1 Å². The fraction of sp³-hybridized carbons (Fsp3) is 0.235. The molecule has 2 unspecified atom stereocenters. The van der Waals surface area contributed by atoms with E-state index in [2.05, 4.69) is 25.6 Å². The van der Waals surface area contributed by atoms with Crippen LogP contribution in [0.1, 0.15) is 16.1 Å². The Bertz CT molecular complexity index is 1170. The predicted molar refractivity (Wildman–Crippen MR) is 111 cm³/mol. The van der Waals surface area contributed by atoms with Gasteiger partial charge in [0.2, 0.25) is 0 Å². The number of hydrogen-bond donors (Lipinski definition) is 3. The first-order valence-corrected chi connectivity index (χ1v) is 11.1. The summed E-state index contributed by atoms with van der Waals surface area (Å²) in [6.07, 6.45) is 0. The fourth-order valence-corrected chi connectivity index (χ4v) is 4.35. The molecule has 13 nitrogen and oxygen atoms in total. The van der Waals surface area contributed by atoms with Gasteiger partial charge in [-0.15, -0.1) is 11.3 Å². The van der Waals surface area contributed by atoms with Crippen LogP contribution in [0.5, 0.6) is 0 Å². The van der Waals surface area contributed by atoms with Crippen LogP contribution in [0.3, 0.4) is 0 Å². The number of nitrogen functional groups attached to an aromatic ring is 1. The van der Waals surface area contributed by atoms with E-state index < -0.39 is 46.7 Å². The number of nitrogens with zero attached hydrogens (tertiary/aromatic N) is 3. The van der Waals surface area contributed by atoms with Crippen molar-refractivity contribution in [3.8, 4) is 0 Å². The minimum absolute atomic E-state index is 0. The maximum Gasteiger partial charge on any atom is 1.00 e. The van der Waals surface area contributed by atoms with Gasteiger partial charge in [-0.05, 0) is 12.1 Å². The van der Waals surface area contributed by atoms with Crippen LogP contribution in [0.15, 0.2) is 40.9 Å². The fourth-order valence-electron chi connectivity index (χ4n) is 2.94. The van der Waals surface area contributed by atoms with Crippen LogP contribution in [0.25, 0.3) is 0 Å². The summed E-state index contributed by atoms with van der Waals surface area (Å²) in [5.41, 5.74) is 5.59. The zero-order valence-electron chi connectivity index (χ0n) is 17.4. The molecule has 0 spiro atoms. The van der Waals surface area contributed by atoms with E-state index in [9.17, 15) is 27.4 Å². The summed E-state index contributed by atoms with van der Waals surface area (Å²) in [5, 5.41) is 9.90. The summed E-state index contributed by atoms with van der Waals surface area (Å²) in [6.45, 7) is -0.410. The molecule has 0 aliphatic carbocycles. The molecule has 1 saturated heterocycles. The first-order valence-electron chi connectivity index (χ1n) is 8.89. The van der Waals surface area contributed by atoms with Crippen molar-refractivity contribution in [2.24, 2.45) is 5.16 Å². The second-order valence-corrected chi connectivity index (χ2v) is 8.52. The number of nitrogens with one attached hydrogen (secondary N) is 2. The van der Waals surface area contributed by atoms with Gasteiger partial charge in [0, 0.05) is 17.5 Å². The quantitative estimate of drug-likeness (QED) is 0.105. The molecule has 3 amide bonds. The molecule has 1 fully saturated rings. The summed E-state index contributed by atoms with van der Waals surface area (Å²) >= 11 is 1.04. The summed E-state index contributed by atoms with van der Waals surface area (Å²) in [6, 6.07) is 5.24. The maximum atomic E-state index is 12.7. The number of anilines is 1. The number of benzene rings is 1. The molecule has 2 aromatic rings. The zero-order valence-corrected chi connectivity index (χ0v) is 21.1. The first kappa shape index (κ1) is 26.7. The van der Waals surface area contributed by atoms with Crippen LogP contribution in [-0.4, -0.2) is 71.4 Å². The number of thiazole rings is 1. The van der Waals surface area contributed by atoms with Gasteiger partial charge in [-0.25, -0.2) is 17.7 Å². The molecule has 170 valence electrons. The minimum Gasteiger partial charge on any atom is -0.731 e. The SMILES string of the molecule is CO/N=C(\C(=O)NC1C(=O)N(S(=O)(=O)[O-])C1CNC(=O)c1ccccc1)c1csc(N)n1.[Na+]. The molecule has 1 aromatic heterocycles. The van der Waals surface area contributed by atoms with E-state index >= 15 is 0 Å². The Morgan fingerprint density at radius 3 is 2.55 bits per heavy atom. The number of hydrogen-bond acceptors (Lipinski definition) is 11. The van der Waals surface area contributed by atoms with Gasteiger partial charge >= 0.3 is 29.6 Å². The number of carbonyl (C=O) groups excluding carboxylic acids is 3. The van der Waals surface area contributed by atoms with Gasteiger partial charge in [0.05, 0.1) is 6.04 Å². The molecular formula is C17H17N6NaO7S2. The number of aromatic nitrogens is 1. The van der Waals surface area contributed by atoms with Crippen LogP contribution >= 0.6 is 11.3 Å². The summed E-state index contributed by atoms with van der Waals surface area (Å²) in [4.78, 5) is 45.8. The molecule has 0 radical (unpaired) electrons. The van der Waals surface area contributed by atoms with Crippen LogP contribution in [0.4, 0.5) is 5.13 Å². The standard InChI is InChI=1S/C17H18N6O7S2.Na/c1-30-22-12(10-8-31-17(18)20-10)15(25)21-13-11(23(16(13)26)32(27,28)29)7-19-14(24)9-5-3-2-4-6-9;/h2-6,8,11,13H,7H2,1H3,(H2,18,20)(H,19,24)(H,21,25)(H,27,28,29);/q;+1/p-1/b22-12-;. The van der Waals surface area contributed by atoms with Gasteiger partial charge < -0.3 is 25.8 Å². The van der Waals surface area contributed by atoms with Gasteiger partial charge in [-0.3, -0.25) is 14.4 Å². The second-order valence-electron chi connectivity index (χ2n) is 6.38. The van der Waals surface area contributed by atoms with Crippen molar-refractivity contribution in [3.05, 3.63) is 47.0 Å². The normalized spacial score (nSPS) is 18.1. The van der Waals surface area contributed by atoms with E-state index in [1.807, 2.05) is 0 Å². The smallest absolute Gasteiger partial charge is 0.731 e. The Morgan fingerprint density at radius 1 is 1.33 bits per heavy atom. The molecule has 2 atom stereocenters. The van der Waals surface area contributed by atoms with Gasteiger partial charge in [0.1, 0.15) is 18.8 Å². The van der Waals surface area contributed by atoms with Crippen LogP contribution in [0, 0.1) is 0 Å². The van der Waals surface area contributed by atoms with Crippen LogP contribution < -0.4 is 45.9 Å². The largest absolute Gasteiger partial charge is 1.00 e. The van der Waals surface area contributed by atoms with Crippen molar-refractivity contribution in [2.75, 3.05) is 19.4 Å². The third kappa shape index (κ3) is 6.07. The Balaban J connectivity index is 0.00000385. The van der Waals surface area contributed by atoms with Gasteiger partial charge in [0.15, 0.2) is 21.1 Å². The number of amides is 3. The summed E-state index contributed by atoms with van der Waals surface area (Å²) < 4.78 is 34.6. The Kier molecular flexibility index (Phi) is 8.93. The number of oxime groups is 1. The molecule has 33 heavy (non-hydrogen) atoms. The van der Waals surface area contributed by atoms with Gasteiger partial charge in [-0.1, -0.05) is 23.4 Å². The average molecular weight is 504 g/mol. The van der Waals surface area contributed by atoms with Crippen molar-refractivity contribution in [1.29, 1.82) is 0 Å². The number of nitrogens with two attached hydrogens (primary N) is 1. The number of carbonyl (C=O) groups is 3. The van der Waals surface area contributed by atoms with Gasteiger partial charge in [-0.2, -0.15) is 0 Å². The first-order chi connectivity index (χ1) is 15.1. The van der Waals surface area contributed by atoms with Crippen molar-refractivity contribution >= 4 is 50.2 Å². The summed E-state index contributed by atoms with van der Waals surface area (Å²) in [5.74, 6) is -2.63. The van der Waals surface area contributed by atoms with E-state index in [0.717, 1.165) is 11.3 Å². The van der Waals surface area contributed by atoms with E-state index in [-0.39, 0.29) is 56.0 Å². The monoisotopic (exact) mass is 504 g/mol. The zero-order chi connectivity index (χ0) is 23.5. The average Bonchev–Trinajstić information content (AvgIpc) is 3.17. The molecule has 0 bridgehead atoms. The third-order valence-electron chi connectivity index (χ3n) is 4.37. The van der Waals surface area contributed by atoms with Crippen molar-refractivity contribution in [3.63, 3.8) is 0 Å². The van der Waals surface area contributed by atoms with Crippen molar-refractivity contribution < 1.29 is 61.7 Å². The van der Waals surface area contributed by atoms with Crippen LogP contribution in [0.2, 0.25) is 0 Å². The molecule has 0 saturated carbocycles. The number of β-lactam (4-membered cyclic amide) rings is 1. The second kappa shape index (κ2) is 11.0. The van der Waals surface area contributed by atoms with E-state index in [1.54, 1.807) is 18.2 Å². The van der Waals surface area contributed by atoms with E-state index in [0.29, 0.717) is 0 Å². The Morgan fingerprint density at radius 2 is 2.00 bits per heavy atom. The Hall–Kier alpha value is -2.56. The van der Waals surface area contributed by atoms with Gasteiger partial charge in [0.25, 0.3) is 17.7 Å². The molecule has 1 aliphatic heterocycles. The molecule has 1 aliphatic rings. The maximum absolute atomic E-state index is 12.7. The van der Waals surface area contributed by atoms with Crippen molar-refractivity contribution in [1.82, 2.24) is 19.9 Å². The molecule has 16 heteroatoms. The predicted octanol–water partition coefficient (Wildman–Crippen LogP) is -4.33.